The van der Waals surface area contributed by atoms with Gasteiger partial charge in [-0.25, -0.2) is 0 Å². The van der Waals surface area contributed by atoms with Gasteiger partial charge in [0.2, 0.25) is 0 Å². The van der Waals surface area contributed by atoms with Crippen LogP contribution in [0.25, 0.3) is 6.08 Å². The van der Waals surface area contributed by atoms with Crippen molar-refractivity contribution in [1.29, 1.82) is 0 Å². The zero-order valence-electron chi connectivity index (χ0n) is 9.56. The van der Waals surface area contributed by atoms with Crippen LogP contribution >= 0.6 is 0 Å². The van der Waals surface area contributed by atoms with Crippen LogP contribution in [0.3, 0.4) is 0 Å². The molecule has 3 heteroatoms. The Hall–Kier alpha value is -1.90. The number of hydrogen-bond donors (Lipinski definition) is 1. The van der Waals surface area contributed by atoms with E-state index in [0.29, 0.717) is 18.0 Å². The number of carbonyl (C=O) groups excluding carboxylic acids is 2. The summed E-state index contributed by atoms with van der Waals surface area (Å²) in [6, 6.07) is 7.75. The number of carbonyl (C=O) groups is 2. The Kier molecular flexibility index (Phi) is 3.70. The molecule has 0 spiro atoms. The fraction of sp³-hybridized carbons (Fsp3) is 0.286. The summed E-state index contributed by atoms with van der Waals surface area (Å²) in [7, 11) is 0. The zero-order valence-corrected chi connectivity index (χ0v) is 9.56. The highest BCUT2D eigenvalue weighted by atomic mass is 16.1. The third-order valence-electron chi connectivity index (χ3n) is 2.63. The normalized spacial score (nSPS) is 14.8. The average molecular weight is 229 g/mol. The molecule has 17 heavy (non-hydrogen) atoms. The first-order valence-corrected chi connectivity index (χ1v) is 5.80. The van der Waals surface area contributed by atoms with Crippen molar-refractivity contribution in [3.05, 3.63) is 41.5 Å². The summed E-state index contributed by atoms with van der Waals surface area (Å²) >= 11 is 0. The van der Waals surface area contributed by atoms with Gasteiger partial charge in [-0.05, 0) is 30.5 Å². The van der Waals surface area contributed by atoms with Crippen LogP contribution in [0.15, 0.2) is 30.3 Å². The standard InChI is InChI=1S/C14H15NO2/c16-10-2-1-3-11-4-6-12(7-5-11)14(17)15-13-8-9-13/h1,3-7,10,13H,2,8-9H2,(H,15,17). The molecule has 0 aromatic heterocycles. The van der Waals surface area contributed by atoms with E-state index in [2.05, 4.69) is 5.32 Å². The monoisotopic (exact) mass is 229 g/mol. The van der Waals surface area contributed by atoms with Gasteiger partial charge in [-0.1, -0.05) is 24.3 Å². The van der Waals surface area contributed by atoms with Crippen LogP contribution in [0.5, 0.6) is 0 Å². The Morgan fingerprint density at radius 3 is 2.59 bits per heavy atom. The van der Waals surface area contributed by atoms with Gasteiger partial charge in [0, 0.05) is 18.0 Å². The fourth-order valence-electron chi connectivity index (χ4n) is 1.50. The highest BCUT2D eigenvalue weighted by molar-refractivity contribution is 5.94. The van der Waals surface area contributed by atoms with Crippen LogP contribution < -0.4 is 5.32 Å². The Morgan fingerprint density at radius 2 is 2.00 bits per heavy atom. The average Bonchev–Trinajstić information content (AvgIpc) is 3.14. The lowest BCUT2D eigenvalue weighted by Gasteiger charge is -2.03. The number of aldehydes is 1. The largest absolute Gasteiger partial charge is 0.349 e. The minimum absolute atomic E-state index is 0.00378. The molecule has 0 aliphatic heterocycles. The number of allylic oxidation sites excluding steroid dienone is 1. The molecule has 1 aromatic carbocycles. The summed E-state index contributed by atoms with van der Waals surface area (Å²) in [6.07, 6.45) is 7.14. The van der Waals surface area contributed by atoms with Gasteiger partial charge in [-0.3, -0.25) is 4.79 Å². The van der Waals surface area contributed by atoms with Crippen LogP contribution in [0.4, 0.5) is 0 Å². The van der Waals surface area contributed by atoms with Crippen molar-refractivity contribution in [3.63, 3.8) is 0 Å². The van der Waals surface area contributed by atoms with Gasteiger partial charge in [-0.2, -0.15) is 0 Å². The maximum absolute atomic E-state index is 11.7. The minimum Gasteiger partial charge on any atom is -0.349 e. The van der Waals surface area contributed by atoms with Gasteiger partial charge in [0.15, 0.2) is 0 Å². The van der Waals surface area contributed by atoms with E-state index in [4.69, 9.17) is 0 Å². The molecule has 0 unspecified atom stereocenters. The molecule has 0 bridgehead atoms. The number of benzene rings is 1. The van der Waals surface area contributed by atoms with E-state index < -0.39 is 0 Å². The number of amides is 1. The lowest BCUT2D eigenvalue weighted by atomic mass is 10.1. The van der Waals surface area contributed by atoms with Crippen LogP contribution in [0, 0.1) is 0 Å². The quantitative estimate of drug-likeness (QED) is 0.786. The molecule has 2 rings (SSSR count). The zero-order chi connectivity index (χ0) is 12.1. The molecule has 1 saturated carbocycles. The first-order chi connectivity index (χ1) is 8.29. The van der Waals surface area contributed by atoms with E-state index in [1.54, 1.807) is 18.2 Å². The van der Waals surface area contributed by atoms with E-state index in [-0.39, 0.29) is 5.91 Å². The first kappa shape index (κ1) is 11.6. The van der Waals surface area contributed by atoms with Gasteiger partial charge in [0.1, 0.15) is 6.29 Å². The van der Waals surface area contributed by atoms with Gasteiger partial charge >= 0.3 is 0 Å². The highest BCUT2D eigenvalue weighted by Crippen LogP contribution is 2.19. The second-order valence-corrected chi connectivity index (χ2v) is 4.17. The van der Waals surface area contributed by atoms with E-state index >= 15 is 0 Å². The third kappa shape index (κ3) is 3.55. The van der Waals surface area contributed by atoms with Crippen LogP contribution in [-0.4, -0.2) is 18.2 Å². The molecule has 3 nitrogen and oxygen atoms in total. The second kappa shape index (κ2) is 5.43. The van der Waals surface area contributed by atoms with E-state index in [1.165, 1.54) is 0 Å². The van der Waals surface area contributed by atoms with Crippen molar-refractivity contribution >= 4 is 18.3 Å². The second-order valence-electron chi connectivity index (χ2n) is 4.17. The summed E-state index contributed by atoms with van der Waals surface area (Å²) in [5.41, 5.74) is 1.68. The first-order valence-electron chi connectivity index (χ1n) is 5.80. The van der Waals surface area contributed by atoms with E-state index in [9.17, 15) is 9.59 Å². The molecule has 0 atom stereocenters. The Bertz CT molecular complexity index is 430. The number of hydrogen-bond acceptors (Lipinski definition) is 2. The molecule has 0 heterocycles. The summed E-state index contributed by atoms with van der Waals surface area (Å²) in [5, 5.41) is 2.94. The number of nitrogens with one attached hydrogen (secondary N) is 1. The highest BCUT2D eigenvalue weighted by Gasteiger charge is 2.23. The van der Waals surface area contributed by atoms with E-state index in [0.717, 1.165) is 24.7 Å². The molecule has 1 aliphatic carbocycles. The molecular weight excluding hydrogens is 214 g/mol. The van der Waals surface area contributed by atoms with E-state index in [1.807, 2.05) is 18.2 Å². The molecule has 0 radical (unpaired) electrons. The number of rotatable bonds is 5. The van der Waals surface area contributed by atoms with Crippen molar-refractivity contribution < 1.29 is 9.59 Å². The van der Waals surface area contributed by atoms with Gasteiger partial charge in [0.05, 0.1) is 0 Å². The third-order valence-corrected chi connectivity index (χ3v) is 2.63. The van der Waals surface area contributed by atoms with Crippen LogP contribution in [-0.2, 0) is 4.79 Å². The fourth-order valence-corrected chi connectivity index (χ4v) is 1.50. The summed E-state index contributed by atoms with van der Waals surface area (Å²) < 4.78 is 0. The van der Waals surface area contributed by atoms with Gasteiger partial charge in [-0.15, -0.1) is 0 Å². The van der Waals surface area contributed by atoms with Crippen molar-refractivity contribution in [2.24, 2.45) is 0 Å². The molecule has 0 saturated heterocycles. The van der Waals surface area contributed by atoms with Crippen molar-refractivity contribution in [3.8, 4) is 0 Å². The summed E-state index contributed by atoms with van der Waals surface area (Å²) in [4.78, 5) is 21.8. The lowest BCUT2D eigenvalue weighted by Crippen LogP contribution is -2.25. The Morgan fingerprint density at radius 1 is 1.29 bits per heavy atom. The Balaban J connectivity index is 1.96. The molecule has 88 valence electrons. The van der Waals surface area contributed by atoms with Gasteiger partial charge in [0.25, 0.3) is 5.91 Å². The predicted molar refractivity (Wildman–Crippen MR) is 66.6 cm³/mol. The molecule has 1 fully saturated rings. The maximum Gasteiger partial charge on any atom is 0.251 e. The predicted octanol–water partition coefficient (Wildman–Crippen LogP) is 2.18. The SMILES string of the molecule is O=CCC=Cc1ccc(C(=O)NC2CC2)cc1. The molecular formula is C14H15NO2. The smallest absolute Gasteiger partial charge is 0.251 e. The summed E-state index contributed by atoms with van der Waals surface area (Å²) in [5.74, 6) is -0.00378. The van der Waals surface area contributed by atoms with Crippen molar-refractivity contribution in [1.82, 2.24) is 5.32 Å². The van der Waals surface area contributed by atoms with Crippen molar-refractivity contribution in [2.45, 2.75) is 25.3 Å². The lowest BCUT2D eigenvalue weighted by molar-refractivity contribution is -0.107. The topological polar surface area (TPSA) is 46.2 Å². The molecule has 1 aromatic rings. The van der Waals surface area contributed by atoms with Crippen LogP contribution in [0.1, 0.15) is 35.2 Å². The van der Waals surface area contributed by atoms with Crippen LogP contribution in [0.2, 0.25) is 0 Å². The van der Waals surface area contributed by atoms with Crippen molar-refractivity contribution in [2.75, 3.05) is 0 Å². The summed E-state index contributed by atoms with van der Waals surface area (Å²) in [6.45, 7) is 0. The minimum atomic E-state index is -0.00378. The Labute approximate surface area is 101 Å². The molecule has 1 amide bonds. The maximum atomic E-state index is 11.7. The molecule has 1 aliphatic rings. The van der Waals surface area contributed by atoms with Gasteiger partial charge < -0.3 is 10.1 Å². The molecule has 1 N–H and O–H groups in total.